The lowest BCUT2D eigenvalue weighted by Gasteiger charge is -2.15. The Morgan fingerprint density at radius 3 is 2.62 bits per heavy atom. The van der Waals surface area contributed by atoms with E-state index in [1.807, 2.05) is 32.9 Å². The van der Waals surface area contributed by atoms with Gasteiger partial charge in [-0.05, 0) is 43.9 Å². The zero-order chi connectivity index (χ0) is 18.8. The second kappa shape index (κ2) is 7.41. The van der Waals surface area contributed by atoms with Crippen LogP contribution < -0.4 is 10.9 Å². The first kappa shape index (κ1) is 18.3. The van der Waals surface area contributed by atoms with Crippen molar-refractivity contribution in [3.8, 4) is 0 Å². The Balaban J connectivity index is 1.75. The van der Waals surface area contributed by atoms with E-state index in [9.17, 15) is 9.59 Å². The Bertz CT molecular complexity index is 1000. The number of benzene rings is 1. The molecule has 6 heteroatoms. The highest BCUT2D eigenvalue weighted by Crippen LogP contribution is 2.25. The maximum atomic E-state index is 12.7. The van der Waals surface area contributed by atoms with Crippen LogP contribution in [-0.4, -0.2) is 15.5 Å². The lowest BCUT2D eigenvalue weighted by molar-refractivity contribution is -0.122. The van der Waals surface area contributed by atoms with E-state index >= 15 is 0 Å². The topological polar surface area (TPSA) is 64.0 Å². The molecule has 0 radical (unpaired) electrons. The number of thiophene rings is 1. The van der Waals surface area contributed by atoms with Crippen LogP contribution in [-0.2, 0) is 17.8 Å². The van der Waals surface area contributed by atoms with Crippen molar-refractivity contribution in [2.24, 2.45) is 0 Å². The highest BCUT2D eigenvalue weighted by atomic mass is 32.1. The molecule has 0 saturated heterocycles. The summed E-state index contributed by atoms with van der Waals surface area (Å²) < 4.78 is 1.38. The second-order valence-electron chi connectivity index (χ2n) is 6.53. The normalized spacial score (nSPS) is 12.3. The summed E-state index contributed by atoms with van der Waals surface area (Å²) in [4.78, 5) is 31.2. The van der Waals surface area contributed by atoms with Crippen molar-refractivity contribution in [3.63, 3.8) is 0 Å². The van der Waals surface area contributed by atoms with Gasteiger partial charge >= 0.3 is 0 Å². The van der Waals surface area contributed by atoms with E-state index in [-0.39, 0.29) is 24.1 Å². The van der Waals surface area contributed by atoms with E-state index in [0.717, 1.165) is 27.3 Å². The fourth-order valence-electron chi connectivity index (χ4n) is 2.95. The number of aromatic nitrogens is 2. The fourth-order valence-corrected chi connectivity index (χ4v) is 3.94. The minimum absolute atomic E-state index is 0.0342. The molecule has 1 amide bonds. The van der Waals surface area contributed by atoms with Gasteiger partial charge in [0, 0.05) is 4.88 Å². The van der Waals surface area contributed by atoms with Crippen molar-refractivity contribution in [1.82, 2.24) is 14.9 Å². The second-order valence-corrected chi connectivity index (χ2v) is 7.73. The van der Waals surface area contributed by atoms with Gasteiger partial charge in [0.2, 0.25) is 5.91 Å². The molecule has 0 aliphatic rings. The van der Waals surface area contributed by atoms with Crippen molar-refractivity contribution in [1.29, 1.82) is 0 Å². The van der Waals surface area contributed by atoms with Crippen LogP contribution in [0, 0.1) is 13.8 Å². The molecule has 0 aliphatic heterocycles. The highest BCUT2D eigenvalue weighted by Gasteiger charge is 2.15. The molecule has 1 atom stereocenters. The summed E-state index contributed by atoms with van der Waals surface area (Å²) in [6.45, 7) is 7.91. The van der Waals surface area contributed by atoms with Gasteiger partial charge in [0.1, 0.15) is 11.4 Å². The van der Waals surface area contributed by atoms with Crippen LogP contribution in [0.5, 0.6) is 0 Å². The quantitative estimate of drug-likeness (QED) is 0.748. The van der Waals surface area contributed by atoms with E-state index < -0.39 is 0 Å². The number of hydrogen-bond acceptors (Lipinski definition) is 4. The molecule has 1 N–H and O–H groups in total. The first-order valence-corrected chi connectivity index (χ1v) is 9.55. The van der Waals surface area contributed by atoms with Gasteiger partial charge in [0.05, 0.1) is 17.8 Å². The standard InChI is InChI=1S/C20H23N3O2S/c1-5-15-6-8-16(9-7-15)13(3)22-17(24)10-23-11-21-19-18(20(23)25)12(2)14(4)26-19/h6-9,11,13H,5,10H2,1-4H3,(H,22,24)/t13-/m0/s1. The fraction of sp³-hybridized carbons (Fsp3) is 0.350. The van der Waals surface area contributed by atoms with Gasteiger partial charge in [0.25, 0.3) is 5.56 Å². The molecule has 26 heavy (non-hydrogen) atoms. The summed E-state index contributed by atoms with van der Waals surface area (Å²) in [6, 6.07) is 8.08. The molecule has 3 rings (SSSR count). The molecule has 1 aromatic carbocycles. The summed E-state index contributed by atoms with van der Waals surface area (Å²) in [5.41, 5.74) is 3.09. The number of hydrogen-bond donors (Lipinski definition) is 1. The summed E-state index contributed by atoms with van der Waals surface area (Å²) in [7, 11) is 0. The van der Waals surface area contributed by atoms with Crippen molar-refractivity contribution in [2.75, 3.05) is 0 Å². The van der Waals surface area contributed by atoms with Gasteiger partial charge in [-0.2, -0.15) is 0 Å². The first-order chi connectivity index (χ1) is 12.4. The molecule has 2 heterocycles. The molecule has 0 fully saturated rings. The van der Waals surface area contributed by atoms with Gasteiger partial charge < -0.3 is 5.32 Å². The van der Waals surface area contributed by atoms with Gasteiger partial charge in [0.15, 0.2) is 0 Å². The summed E-state index contributed by atoms with van der Waals surface area (Å²) in [6.07, 6.45) is 2.45. The van der Waals surface area contributed by atoms with Crippen LogP contribution in [0.15, 0.2) is 35.4 Å². The van der Waals surface area contributed by atoms with E-state index in [1.165, 1.54) is 27.8 Å². The summed E-state index contributed by atoms with van der Waals surface area (Å²) in [5, 5.41) is 3.57. The summed E-state index contributed by atoms with van der Waals surface area (Å²) in [5.74, 6) is -0.204. The molecular formula is C20H23N3O2S. The number of rotatable bonds is 5. The molecule has 0 unspecified atom stereocenters. The zero-order valence-corrected chi connectivity index (χ0v) is 16.3. The van der Waals surface area contributed by atoms with E-state index in [2.05, 4.69) is 29.4 Å². The number of carbonyl (C=O) groups excluding carboxylic acids is 1. The van der Waals surface area contributed by atoms with Crippen LogP contribution in [0.25, 0.3) is 10.2 Å². The highest BCUT2D eigenvalue weighted by molar-refractivity contribution is 7.18. The Hall–Kier alpha value is -2.47. The molecule has 0 bridgehead atoms. The minimum Gasteiger partial charge on any atom is -0.348 e. The molecule has 3 aromatic rings. The average Bonchev–Trinajstić information content (AvgIpc) is 2.92. The predicted molar refractivity (Wildman–Crippen MR) is 106 cm³/mol. The number of nitrogens with one attached hydrogen (secondary N) is 1. The van der Waals surface area contributed by atoms with Crippen molar-refractivity contribution in [2.45, 2.75) is 46.7 Å². The Morgan fingerprint density at radius 2 is 1.96 bits per heavy atom. The molecular weight excluding hydrogens is 346 g/mol. The Morgan fingerprint density at radius 1 is 1.27 bits per heavy atom. The number of fused-ring (bicyclic) bond motifs is 1. The maximum Gasteiger partial charge on any atom is 0.262 e. The van der Waals surface area contributed by atoms with Crippen LogP contribution in [0.3, 0.4) is 0 Å². The van der Waals surface area contributed by atoms with Crippen molar-refractivity contribution >= 4 is 27.5 Å². The lowest BCUT2D eigenvalue weighted by atomic mass is 10.1. The molecule has 0 saturated carbocycles. The SMILES string of the molecule is CCc1ccc([C@H](C)NC(=O)Cn2cnc3sc(C)c(C)c3c2=O)cc1. The van der Waals surface area contributed by atoms with Crippen molar-refractivity contribution < 1.29 is 4.79 Å². The number of nitrogens with zero attached hydrogens (tertiary/aromatic N) is 2. The minimum atomic E-state index is -0.204. The molecule has 2 aromatic heterocycles. The van der Waals surface area contributed by atoms with Crippen LogP contribution in [0.1, 0.15) is 41.5 Å². The number of carbonyl (C=O) groups is 1. The average molecular weight is 369 g/mol. The molecule has 0 spiro atoms. The third-order valence-corrected chi connectivity index (χ3v) is 5.85. The number of amides is 1. The monoisotopic (exact) mass is 369 g/mol. The first-order valence-electron chi connectivity index (χ1n) is 8.74. The largest absolute Gasteiger partial charge is 0.348 e. The molecule has 0 aliphatic carbocycles. The predicted octanol–water partition coefficient (Wildman–Crippen LogP) is 3.51. The Labute approximate surface area is 156 Å². The van der Waals surface area contributed by atoms with Gasteiger partial charge in [-0.1, -0.05) is 31.2 Å². The van der Waals surface area contributed by atoms with E-state index in [4.69, 9.17) is 0 Å². The van der Waals surface area contributed by atoms with Gasteiger partial charge in [-0.3, -0.25) is 14.2 Å². The maximum absolute atomic E-state index is 12.7. The van der Waals surface area contributed by atoms with Crippen LogP contribution in [0.2, 0.25) is 0 Å². The third-order valence-electron chi connectivity index (χ3n) is 4.74. The van der Waals surface area contributed by atoms with Crippen LogP contribution in [0.4, 0.5) is 0 Å². The van der Waals surface area contributed by atoms with Gasteiger partial charge in [-0.25, -0.2) is 4.98 Å². The Kier molecular flexibility index (Phi) is 5.23. The van der Waals surface area contributed by atoms with E-state index in [1.54, 1.807) is 0 Å². The van der Waals surface area contributed by atoms with Crippen molar-refractivity contribution in [3.05, 3.63) is 62.5 Å². The summed E-state index contributed by atoms with van der Waals surface area (Å²) >= 11 is 1.51. The molecule has 5 nitrogen and oxygen atoms in total. The van der Waals surface area contributed by atoms with Crippen LogP contribution >= 0.6 is 11.3 Å². The van der Waals surface area contributed by atoms with E-state index in [0.29, 0.717) is 5.39 Å². The molecule has 136 valence electrons. The zero-order valence-electron chi connectivity index (χ0n) is 15.5. The van der Waals surface area contributed by atoms with Gasteiger partial charge in [-0.15, -0.1) is 11.3 Å². The number of aryl methyl sites for hydroxylation is 3. The lowest BCUT2D eigenvalue weighted by Crippen LogP contribution is -2.34. The third kappa shape index (κ3) is 3.55. The smallest absolute Gasteiger partial charge is 0.262 e.